The molecule has 1 aromatic heterocycles. The van der Waals surface area contributed by atoms with Crippen LogP contribution in [0.15, 0.2) is 14.7 Å². The summed E-state index contributed by atoms with van der Waals surface area (Å²) in [7, 11) is 1.64. The third-order valence-corrected chi connectivity index (χ3v) is 3.90. The van der Waals surface area contributed by atoms with Crippen molar-refractivity contribution in [3.63, 3.8) is 0 Å². The number of nitrogens with two attached hydrogens (primary N) is 1. The van der Waals surface area contributed by atoms with E-state index in [-0.39, 0.29) is 6.04 Å². The van der Waals surface area contributed by atoms with E-state index in [2.05, 4.69) is 23.9 Å². The first-order chi connectivity index (χ1) is 7.95. The average molecular weight is 258 g/mol. The summed E-state index contributed by atoms with van der Waals surface area (Å²) in [5.41, 5.74) is 4.52. The van der Waals surface area contributed by atoms with E-state index in [1.54, 1.807) is 7.05 Å². The van der Waals surface area contributed by atoms with Gasteiger partial charge in [-0.1, -0.05) is 32.0 Å². The van der Waals surface area contributed by atoms with Crippen LogP contribution in [0, 0.1) is 5.92 Å². The molecule has 17 heavy (non-hydrogen) atoms. The van der Waals surface area contributed by atoms with Crippen molar-refractivity contribution in [2.24, 2.45) is 18.7 Å². The largest absolute Gasteiger partial charge is 0.339 e. The minimum absolute atomic E-state index is 0.0498. The number of rotatable bonds is 5. The highest BCUT2D eigenvalue weighted by Gasteiger charge is 2.13. The fourth-order valence-corrected chi connectivity index (χ4v) is 2.28. The molecule has 2 atom stereocenters. The molecule has 7 heteroatoms. The molecule has 0 spiro atoms. The number of aryl methyl sites for hydroxylation is 1. The molecule has 0 aliphatic rings. The Hall–Kier alpha value is -1.08. The Morgan fingerprint density at radius 1 is 1.53 bits per heavy atom. The number of thioether (sulfide) groups is 1. The van der Waals surface area contributed by atoms with Gasteiger partial charge in [-0.15, -0.1) is 0 Å². The minimum Gasteiger partial charge on any atom is -0.327 e. The number of nitrogens with zero attached hydrogens (tertiary/aromatic N) is 2. The smallest absolute Gasteiger partial charge is 0.327 e. The zero-order chi connectivity index (χ0) is 13.0. The number of aromatic amines is 1. The highest BCUT2D eigenvalue weighted by Crippen LogP contribution is 2.16. The Morgan fingerprint density at radius 2 is 2.18 bits per heavy atom. The average Bonchev–Trinajstić information content (AvgIpc) is 2.30. The van der Waals surface area contributed by atoms with Crippen molar-refractivity contribution >= 4 is 11.8 Å². The zero-order valence-electron chi connectivity index (χ0n) is 10.3. The standard InChI is InChI=1S/C10H18N4O2S/c1-4-6(2)7(11)5-17-10-12-8(15)9(16)13-14(10)3/h6-7H,4-5,11H2,1-3H3,(H,13,16). The topological polar surface area (TPSA) is 93.8 Å². The minimum atomic E-state index is -0.761. The monoisotopic (exact) mass is 258 g/mol. The Bertz CT molecular complexity index is 482. The van der Waals surface area contributed by atoms with Crippen molar-refractivity contribution in [3.8, 4) is 0 Å². The maximum absolute atomic E-state index is 11.1. The first-order valence-electron chi connectivity index (χ1n) is 5.51. The van der Waals surface area contributed by atoms with Crippen LogP contribution in [0.2, 0.25) is 0 Å². The normalized spacial score (nSPS) is 14.6. The van der Waals surface area contributed by atoms with Crippen LogP contribution in [0.3, 0.4) is 0 Å². The molecule has 96 valence electrons. The number of nitrogens with one attached hydrogen (secondary N) is 1. The van der Waals surface area contributed by atoms with Crippen molar-refractivity contribution in [3.05, 3.63) is 20.7 Å². The van der Waals surface area contributed by atoms with Gasteiger partial charge in [0.05, 0.1) is 0 Å². The van der Waals surface area contributed by atoms with Gasteiger partial charge >= 0.3 is 11.1 Å². The lowest BCUT2D eigenvalue weighted by molar-refractivity contribution is 0.474. The van der Waals surface area contributed by atoms with Gasteiger partial charge in [0.15, 0.2) is 5.16 Å². The number of hydrogen-bond donors (Lipinski definition) is 2. The molecular formula is C10H18N4O2S. The molecule has 2 unspecified atom stereocenters. The molecule has 0 bridgehead atoms. The number of hydrogen-bond acceptors (Lipinski definition) is 5. The highest BCUT2D eigenvalue weighted by atomic mass is 32.2. The molecule has 3 N–H and O–H groups in total. The highest BCUT2D eigenvalue weighted by molar-refractivity contribution is 7.99. The first-order valence-corrected chi connectivity index (χ1v) is 6.50. The summed E-state index contributed by atoms with van der Waals surface area (Å²) in [5, 5.41) is 2.88. The van der Waals surface area contributed by atoms with Crippen LogP contribution in [0.5, 0.6) is 0 Å². The predicted octanol–water partition coefficient (Wildman–Crippen LogP) is -0.0659. The summed E-state index contributed by atoms with van der Waals surface area (Å²) < 4.78 is 1.44. The van der Waals surface area contributed by atoms with Crippen LogP contribution in [0.4, 0.5) is 0 Å². The summed E-state index contributed by atoms with van der Waals surface area (Å²) >= 11 is 1.38. The summed E-state index contributed by atoms with van der Waals surface area (Å²) in [6.45, 7) is 4.17. The fraction of sp³-hybridized carbons (Fsp3) is 0.700. The van der Waals surface area contributed by atoms with Crippen LogP contribution >= 0.6 is 11.8 Å². The predicted molar refractivity (Wildman–Crippen MR) is 68.3 cm³/mol. The van der Waals surface area contributed by atoms with Crippen molar-refractivity contribution in [2.45, 2.75) is 31.5 Å². The van der Waals surface area contributed by atoms with E-state index in [1.807, 2.05) is 0 Å². The number of H-pyrrole nitrogens is 1. The van der Waals surface area contributed by atoms with E-state index < -0.39 is 11.1 Å². The molecule has 0 aromatic carbocycles. The van der Waals surface area contributed by atoms with Gasteiger partial charge in [0.25, 0.3) is 0 Å². The summed E-state index contributed by atoms with van der Waals surface area (Å²) in [5.74, 6) is 1.09. The van der Waals surface area contributed by atoms with Gasteiger partial charge in [0.2, 0.25) is 0 Å². The zero-order valence-corrected chi connectivity index (χ0v) is 11.1. The lowest BCUT2D eigenvalue weighted by Gasteiger charge is -2.17. The van der Waals surface area contributed by atoms with E-state index in [1.165, 1.54) is 16.4 Å². The van der Waals surface area contributed by atoms with Crippen molar-refractivity contribution in [2.75, 3.05) is 5.75 Å². The molecular weight excluding hydrogens is 240 g/mol. The van der Waals surface area contributed by atoms with Crippen molar-refractivity contribution in [1.29, 1.82) is 0 Å². The van der Waals surface area contributed by atoms with E-state index in [4.69, 9.17) is 5.73 Å². The van der Waals surface area contributed by atoms with E-state index in [0.29, 0.717) is 16.8 Å². The molecule has 1 rings (SSSR count). The van der Waals surface area contributed by atoms with Crippen molar-refractivity contribution < 1.29 is 0 Å². The first kappa shape index (κ1) is 14.0. The third kappa shape index (κ3) is 3.71. The van der Waals surface area contributed by atoms with Gasteiger partial charge in [-0.2, -0.15) is 4.98 Å². The van der Waals surface area contributed by atoms with Crippen LogP contribution in [0.25, 0.3) is 0 Å². The summed E-state index contributed by atoms with van der Waals surface area (Å²) in [6, 6.07) is 0.0498. The van der Waals surface area contributed by atoms with Gasteiger partial charge in [0.1, 0.15) is 0 Å². The SMILES string of the molecule is CCC(C)C(N)CSc1nc(=O)c(=O)[nH]n1C. The van der Waals surface area contributed by atoms with Gasteiger partial charge in [0, 0.05) is 18.8 Å². The third-order valence-electron chi connectivity index (χ3n) is 2.73. The molecule has 1 heterocycles. The molecule has 0 fully saturated rings. The Kier molecular flexibility index (Phi) is 4.95. The second-order valence-electron chi connectivity index (χ2n) is 4.06. The van der Waals surface area contributed by atoms with Crippen LogP contribution in [-0.2, 0) is 7.05 Å². The number of aromatic nitrogens is 3. The Labute approximate surface area is 104 Å². The maximum atomic E-state index is 11.1. The maximum Gasteiger partial charge on any atom is 0.339 e. The van der Waals surface area contributed by atoms with Gasteiger partial charge in [-0.25, -0.2) is 0 Å². The molecule has 0 radical (unpaired) electrons. The van der Waals surface area contributed by atoms with Crippen molar-refractivity contribution in [1.82, 2.24) is 14.8 Å². The molecule has 6 nitrogen and oxygen atoms in total. The lowest BCUT2D eigenvalue weighted by Crippen LogP contribution is -2.35. The summed E-state index contributed by atoms with van der Waals surface area (Å²) in [4.78, 5) is 25.8. The van der Waals surface area contributed by atoms with Crippen LogP contribution < -0.4 is 16.9 Å². The Balaban J connectivity index is 2.73. The molecule has 0 saturated heterocycles. The lowest BCUT2D eigenvalue weighted by atomic mass is 10.0. The van der Waals surface area contributed by atoms with Gasteiger partial charge in [-0.3, -0.25) is 19.4 Å². The second-order valence-corrected chi connectivity index (χ2v) is 5.05. The quantitative estimate of drug-likeness (QED) is 0.570. The fourth-order valence-electron chi connectivity index (χ4n) is 1.23. The molecule has 0 amide bonds. The van der Waals surface area contributed by atoms with Crippen LogP contribution in [-0.4, -0.2) is 26.6 Å². The van der Waals surface area contributed by atoms with Crippen LogP contribution in [0.1, 0.15) is 20.3 Å². The van der Waals surface area contributed by atoms with E-state index in [9.17, 15) is 9.59 Å². The van der Waals surface area contributed by atoms with E-state index >= 15 is 0 Å². The molecule has 0 saturated carbocycles. The Morgan fingerprint density at radius 3 is 2.76 bits per heavy atom. The second kappa shape index (κ2) is 6.02. The van der Waals surface area contributed by atoms with E-state index in [0.717, 1.165) is 6.42 Å². The molecule has 1 aromatic rings. The molecule has 0 aliphatic carbocycles. The van der Waals surface area contributed by atoms with Gasteiger partial charge < -0.3 is 5.73 Å². The molecule has 0 aliphatic heterocycles. The van der Waals surface area contributed by atoms with Gasteiger partial charge in [-0.05, 0) is 5.92 Å². The summed E-state index contributed by atoms with van der Waals surface area (Å²) in [6.07, 6.45) is 1.01.